The first kappa shape index (κ1) is 16.1. The van der Waals surface area contributed by atoms with E-state index in [1.807, 2.05) is 18.2 Å². The molecule has 1 aliphatic heterocycles. The van der Waals surface area contributed by atoms with Crippen LogP contribution in [0.1, 0.15) is 22.7 Å². The fraction of sp³-hybridized carbons (Fsp3) is 0.182. The second-order valence-electron chi connectivity index (χ2n) is 7.20. The van der Waals surface area contributed by atoms with Gasteiger partial charge in [-0.15, -0.1) is 0 Å². The molecule has 2 aromatic heterocycles. The van der Waals surface area contributed by atoms with Crippen molar-refractivity contribution in [2.24, 2.45) is 0 Å². The molecule has 4 aromatic rings. The lowest BCUT2D eigenvalue weighted by molar-refractivity contribution is 0.294. The molecule has 4 nitrogen and oxygen atoms in total. The molecular weight excluding hydrogens is 339 g/mol. The number of para-hydroxylation sites is 1. The van der Waals surface area contributed by atoms with Gasteiger partial charge in [0.05, 0.1) is 11.2 Å². The van der Waals surface area contributed by atoms with Gasteiger partial charge in [0, 0.05) is 41.8 Å². The van der Waals surface area contributed by atoms with Crippen molar-refractivity contribution in [3.8, 4) is 11.3 Å². The molecule has 27 heavy (non-hydrogen) atoms. The van der Waals surface area contributed by atoms with Crippen molar-refractivity contribution in [2.45, 2.75) is 12.5 Å². The van der Waals surface area contributed by atoms with Crippen LogP contribution in [0, 0.1) is 5.82 Å². The normalized spacial score (nSPS) is 17.2. The van der Waals surface area contributed by atoms with Crippen molar-refractivity contribution < 1.29 is 4.39 Å². The van der Waals surface area contributed by atoms with E-state index in [1.165, 1.54) is 17.2 Å². The summed E-state index contributed by atoms with van der Waals surface area (Å²) < 4.78 is 14.1. The Balaban J connectivity index is 1.60. The van der Waals surface area contributed by atoms with Crippen molar-refractivity contribution in [1.82, 2.24) is 20.1 Å². The maximum atomic E-state index is 14.1. The third-order valence-corrected chi connectivity index (χ3v) is 5.32. The molecule has 5 heteroatoms. The number of fused-ring (bicyclic) bond motifs is 2. The Morgan fingerprint density at radius 1 is 1.11 bits per heavy atom. The molecule has 0 aliphatic carbocycles. The summed E-state index contributed by atoms with van der Waals surface area (Å²) in [6.07, 6.45) is 1.68. The van der Waals surface area contributed by atoms with Crippen LogP contribution in [0.15, 0.2) is 60.8 Å². The van der Waals surface area contributed by atoms with Crippen LogP contribution in [0.5, 0.6) is 0 Å². The van der Waals surface area contributed by atoms with Crippen molar-refractivity contribution in [3.05, 3.63) is 83.4 Å². The van der Waals surface area contributed by atoms with Crippen LogP contribution in [-0.4, -0.2) is 33.7 Å². The summed E-state index contributed by atoms with van der Waals surface area (Å²) in [6, 6.07) is 17.6. The van der Waals surface area contributed by atoms with Gasteiger partial charge >= 0.3 is 0 Å². The fourth-order valence-corrected chi connectivity index (χ4v) is 4.06. The Hall–Kier alpha value is -3.05. The number of hydrogen-bond acceptors (Lipinski definition) is 3. The quantitative estimate of drug-likeness (QED) is 0.580. The molecule has 0 radical (unpaired) electrons. The van der Waals surface area contributed by atoms with E-state index in [0.29, 0.717) is 5.52 Å². The first-order valence-electron chi connectivity index (χ1n) is 9.05. The minimum Gasteiger partial charge on any atom is -0.355 e. The second-order valence-corrected chi connectivity index (χ2v) is 7.20. The summed E-state index contributed by atoms with van der Waals surface area (Å²) in [4.78, 5) is 5.62. The summed E-state index contributed by atoms with van der Waals surface area (Å²) >= 11 is 0. The highest BCUT2D eigenvalue weighted by molar-refractivity contribution is 5.81. The number of aromatic nitrogens is 3. The lowest BCUT2D eigenvalue weighted by Gasteiger charge is -2.32. The highest BCUT2D eigenvalue weighted by Gasteiger charge is 2.26. The average molecular weight is 358 g/mol. The monoisotopic (exact) mass is 358 g/mol. The van der Waals surface area contributed by atoms with E-state index in [-0.39, 0.29) is 11.7 Å². The van der Waals surface area contributed by atoms with Gasteiger partial charge in [-0.2, -0.15) is 10.2 Å². The van der Waals surface area contributed by atoms with E-state index >= 15 is 0 Å². The van der Waals surface area contributed by atoms with Gasteiger partial charge in [0.15, 0.2) is 0 Å². The summed E-state index contributed by atoms with van der Waals surface area (Å²) in [5.74, 6) is -0.0254. The topological polar surface area (TPSA) is 44.8 Å². The molecule has 0 saturated carbocycles. The van der Waals surface area contributed by atoms with Gasteiger partial charge in [-0.25, -0.2) is 4.39 Å². The molecule has 1 atom stereocenters. The molecule has 3 heterocycles. The third-order valence-electron chi connectivity index (χ3n) is 5.32. The lowest BCUT2D eigenvalue weighted by atomic mass is 9.86. The van der Waals surface area contributed by atoms with E-state index in [1.54, 1.807) is 12.3 Å². The van der Waals surface area contributed by atoms with Crippen LogP contribution in [0.3, 0.4) is 0 Å². The third kappa shape index (κ3) is 2.80. The Morgan fingerprint density at radius 2 is 2.04 bits per heavy atom. The Bertz CT molecular complexity index is 1120. The first-order chi connectivity index (χ1) is 13.2. The van der Waals surface area contributed by atoms with Gasteiger partial charge in [0.25, 0.3) is 0 Å². The molecule has 5 rings (SSSR count). The number of halogens is 1. The average Bonchev–Trinajstić information content (AvgIpc) is 3.13. The van der Waals surface area contributed by atoms with Gasteiger partial charge in [0.1, 0.15) is 5.82 Å². The largest absolute Gasteiger partial charge is 0.355 e. The van der Waals surface area contributed by atoms with Crippen LogP contribution in [-0.2, 0) is 6.54 Å². The summed E-state index contributed by atoms with van der Waals surface area (Å²) in [5.41, 5.74) is 6.13. The van der Waals surface area contributed by atoms with Crippen molar-refractivity contribution >= 4 is 10.9 Å². The Kier molecular flexibility index (Phi) is 3.76. The fourth-order valence-electron chi connectivity index (χ4n) is 4.06. The summed E-state index contributed by atoms with van der Waals surface area (Å²) in [6.45, 7) is 1.78. The second kappa shape index (κ2) is 6.28. The van der Waals surface area contributed by atoms with Crippen molar-refractivity contribution in [3.63, 3.8) is 0 Å². The molecule has 1 aliphatic rings. The molecule has 0 amide bonds. The zero-order valence-corrected chi connectivity index (χ0v) is 15.0. The van der Waals surface area contributed by atoms with E-state index in [9.17, 15) is 4.39 Å². The van der Waals surface area contributed by atoms with E-state index in [2.05, 4.69) is 51.4 Å². The predicted octanol–water partition coefficient (Wildman–Crippen LogP) is 4.34. The summed E-state index contributed by atoms with van der Waals surface area (Å²) in [5, 5.41) is 9.12. The van der Waals surface area contributed by atoms with E-state index < -0.39 is 0 Å². The van der Waals surface area contributed by atoms with Crippen LogP contribution in [0.4, 0.5) is 4.39 Å². The zero-order valence-electron chi connectivity index (χ0n) is 15.0. The first-order valence-corrected chi connectivity index (χ1v) is 9.05. The van der Waals surface area contributed by atoms with Crippen LogP contribution in [0.25, 0.3) is 22.2 Å². The number of benzene rings is 2. The van der Waals surface area contributed by atoms with Crippen LogP contribution < -0.4 is 0 Å². The minimum atomic E-state index is -0.207. The highest BCUT2D eigenvalue weighted by atomic mass is 19.1. The van der Waals surface area contributed by atoms with Gasteiger partial charge in [-0.3, -0.25) is 0 Å². The molecule has 1 N–H and O–H groups in total. The van der Waals surface area contributed by atoms with Gasteiger partial charge in [0.2, 0.25) is 0 Å². The minimum absolute atomic E-state index is 0.182. The lowest BCUT2D eigenvalue weighted by Crippen LogP contribution is -2.31. The molecule has 0 saturated heterocycles. The maximum Gasteiger partial charge on any atom is 0.147 e. The SMILES string of the molecule is CN1Cc2cc(-c3cccnn3)ccc2C(c2cc3cccc(F)c3[nH]2)C1. The number of nitrogens with one attached hydrogen (secondary N) is 1. The smallest absolute Gasteiger partial charge is 0.147 e. The number of hydrogen-bond donors (Lipinski definition) is 1. The highest BCUT2D eigenvalue weighted by Crippen LogP contribution is 2.36. The number of likely N-dealkylation sites (N-methyl/N-ethyl adjacent to an activating group) is 1. The van der Waals surface area contributed by atoms with Crippen molar-refractivity contribution in [2.75, 3.05) is 13.6 Å². The molecule has 2 aromatic carbocycles. The van der Waals surface area contributed by atoms with Crippen molar-refractivity contribution in [1.29, 1.82) is 0 Å². The molecule has 0 fully saturated rings. The number of aromatic amines is 1. The predicted molar refractivity (Wildman–Crippen MR) is 104 cm³/mol. The van der Waals surface area contributed by atoms with Gasteiger partial charge < -0.3 is 9.88 Å². The van der Waals surface area contributed by atoms with Crippen LogP contribution in [0.2, 0.25) is 0 Å². The van der Waals surface area contributed by atoms with Crippen LogP contribution >= 0.6 is 0 Å². The molecule has 1 unspecified atom stereocenters. The number of nitrogens with zero attached hydrogens (tertiary/aromatic N) is 3. The summed E-state index contributed by atoms with van der Waals surface area (Å²) in [7, 11) is 2.12. The van der Waals surface area contributed by atoms with E-state index in [4.69, 9.17) is 0 Å². The maximum absolute atomic E-state index is 14.1. The number of H-pyrrole nitrogens is 1. The Morgan fingerprint density at radius 3 is 2.85 bits per heavy atom. The van der Waals surface area contributed by atoms with Gasteiger partial charge in [-0.05, 0) is 48.5 Å². The molecule has 0 spiro atoms. The zero-order chi connectivity index (χ0) is 18.4. The van der Waals surface area contributed by atoms with Gasteiger partial charge in [-0.1, -0.05) is 24.3 Å². The standard InChI is InChI=1S/C22H19FN4/c1-27-12-16-10-14(20-6-3-9-24-26-20)7-8-17(16)18(13-27)21-11-15-4-2-5-19(23)22(15)25-21/h2-11,18,25H,12-13H2,1H3. The molecule has 134 valence electrons. The Labute approximate surface area is 156 Å². The molecular formula is C22H19FN4. The van der Waals surface area contributed by atoms with E-state index in [0.717, 1.165) is 35.4 Å². The number of rotatable bonds is 2. The molecule has 0 bridgehead atoms.